The predicted molar refractivity (Wildman–Crippen MR) is 90.3 cm³/mol. The molecule has 0 radical (unpaired) electrons. The largest absolute Gasteiger partial charge is 0.755 e. The molecule has 2 N–H and O–H groups in total. The molecule has 0 spiro atoms. The van der Waals surface area contributed by atoms with E-state index < -0.39 is 17.2 Å². The van der Waals surface area contributed by atoms with Crippen molar-refractivity contribution in [2.24, 2.45) is 0 Å². The highest BCUT2D eigenvalue weighted by molar-refractivity contribution is 7.80. The van der Waals surface area contributed by atoms with Crippen LogP contribution in [0.3, 0.4) is 0 Å². The Kier molecular flexibility index (Phi) is 6.47. The molecule has 0 fully saturated rings. The van der Waals surface area contributed by atoms with E-state index >= 15 is 0 Å². The maximum absolute atomic E-state index is 11.0. The summed E-state index contributed by atoms with van der Waals surface area (Å²) in [6.45, 7) is 0.223. The van der Waals surface area contributed by atoms with Gasteiger partial charge in [-0.2, -0.15) is 0 Å². The number of nitrogens with one attached hydrogen (secondary N) is 1. The van der Waals surface area contributed by atoms with Gasteiger partial charge in [-0.3, -0.25) is 14.0 Å². The van der Waals surface area contributed by atoms with Crippen LogP contribution in [0.2, 0.25) is 0 Å². The summed E-state index contributed by atoms with van der Waals surface area (Å²) in [5, 5.41) is 9.02. The van der Waals surface area contributed by atoms with Crippen molar-refractivity contribution in [1.29, 1.82) is 0 Å². The lowest BCUT2D eigenvalue weighted by Crippen LogP contribution is -2.24. The maximum atomic E-state index is 11.0. The SMILES string of the molecule is O=C(O)CN(C=Cc1ccc(NS(=O)[O-])cc1)Cc1ccccn1. The number of carboxylic acids is 1. The molecule has 126 valence electrons. The van der Waals surface area contributed by atoms with E-state index in [-0.39, 0.29) is 6.54 Å². The van der Waals surface area contributed by atoms with Gasteiger partial charge in [-0.1, -0.05) is 18.2 Å². The van der Waals surface area contributed by atoms with Gasteiger partial charge >= 0.3 is 5.97 Å². The molecule has 1 aromatic heterocycles. The van der Waals surface area contributed by atoms with Gasteiger partial charge in [-0.05, 0) is 35.9 Å². The van der Waals surface area contributed by atoms with Gasteiger partial charge in [0.05, 0.1) is 12.2 Å². The first kappa shape index (κ1) is 17.6. The molecule has 1 aromatic carbocycles. The minimum absolute atomic E-state index is 0.151. The Morgan fingerprint density at radius 2 is 2.04 bits per heavy atom. The monoisotopic (exact) mass is 346 g/mol. The molecule has 0 aliphatic heterocycles. The van der Waals surface area contributed by atoms with Crippen LogP contribution in [0.5, 0.6) is 0 Å². The standard InChI is InChI=1S/C16H17N3O4S/c20-16(21)12-19(11-15-3-1-2-9-17-15)10-8-13-4-6-14(7-5-13)18-24(22)23/h1-10,18H,11-12H2,(H,20,21)(H,22,23)/p-1. The Hall–Kier alpha value is -2.71. The molecule has 0 bridgehead atoms. The Morgan fingerprint density at radius 3 is 2.62 bits per heavy atom. The fourth-order valence-corrected chi connectivity index (χ4v) is 2.31. The van der Waals surface area contributed by atoms with Crippen molar-refractivity contribution >= 4 is 29.0 Å². The summed E-state index contributed by atoms with van der Waals surface area (Å²) in [5.74, 6) is -0.937. The molecule has 8 heteroatoms. The molecule has 1 unspecified atom stereocenters. The molecule has 0 aliphatic carbocycles. The number of carboxylic acid groups (broad SMARTS) is 1. The van der Waals surface area contributed by atoms with Gasteiger partial charge in [-0.25, -0.2) is 0 Å². The van der Waals surface area contributed by atoms with Crippen LogP contribution in [0, 0.1) is 0 Å². The average Bonchev–Trinajstić information content (AvgIpc) is 2.54. The first-order valence-corrected chi connectivity index (χ1v) is 8.10. The van der Waals surface area contributed by atoms with Crippen LogP contribution in [0.1, 0.15) is 11.3 Å². The van der Waals surface area contributed by atoms with E-state index in [1.54, 1.807) is 53.7 Å². The smallest absolute Gasteiger partial charge is 0.323 e. The minimum atomic E-state index is -2.36. The number of carbonyl (C=O) groups is 1. The summed E-state index contributed by atoms with van der Waals surface area (Å²) in [6.07, 6.45) is 5.09. The molecule has 7 nitrogen and oxygen atoms in total. The number of hydrogen-bond donors (Lipinski definition) is 2. The summed E-state index contributed by atoms with van der Waals surface area (Å²) in [4.78, 5) is 16.8. The number of aliphatic carboxylic acids is 1. The van der Waals surface area contributed by atoms with E-state index in [0.717, 1.165) is 11.3 Å². The van der Waals surface area contributed by atoms with Gasteiger partial charge in [0.25, 0.3) is 0 Å². The summed E-state index contributed by atoms with van der Waals surface area (Å²) < 4.78 is 23.4. The van der Waals surface area contributed by atoms with Crippen molar-refractivity contribution in [3.63, 3.8) is 0 Å². The zero-order valence-corrected chi connectivity index (χ0v) is 13.5. The number of nitrogens with zero attached hydrogens (tertiary/aromatic N) is 2. The van der Waals surface area contributed by atoms with Crippen LogP contribution >= 0.6 is 0 Å². The summed E-state index contributed by atoms with van der Waals surface area (Å²) in [7, 11) is 0. The Labute approximate surface area is 142 Å². The second kappa shape index (κ2) is 8.80. The molecule has 0 saturated heterocycles. The zero-order chi connectivity index (χ0) is 17.4. The van der Waals surface area contributed by atoms with Gasteiger partial charge in [0.1, 0.15) is 6.54 Å². The van der Waals surface area contributed by atoms with Crippen molar-refractivity contribution in [3.05, 3.63) is 66.1 Å². The molecular formula is C16H16N3O4S-. The lowest BCUT2D eigenvalue weighted by molar-refractivity contribution is -0.137. The normalized spacial score (nSPS) is 12.0. The van der Waals surface area contributed by atoms with Crippen molar-refractivity contribution in [1.82, 2.24) is 9.88 Å². The second-order valence-electron chi connectivity index (χ2n) is 4.89. The number of benzene rings is 1. The van der Waals surface area contributed by atoms with Crippen molar-refractivity contribution in [3.8, 4) is 0 Å². The lowest BCUT2D eigenvalue weighted by Gasteiger charge is -2.17. The van der Waals surface area contributed by atoms with Gasteiger partial charge in [0.2, 0.25) is 0 Å². The van der Waals surface area contributed by atoms with E-state index in [0.29, 0.717) is 12.2 Å². The Bertz CT molecular complexity index is 720. The van der Waals surface area contributed by atoms with Crippen molar-refractivity contribution in [2.75, 3.05) is 11.3 Å². The molecule has 2 rings (SSSR count). The van der Waals surface area contributed by atoms with Gasteiger partial charge in [0, 0.05) is 29.4 Å². The molecule has 1 atom stereocenters. The zero-order valence-electron chi connectivity index (χ0n) is 12.7. The first-order chi connectivity index (χ1) is 11.5. The van der Waals surface area contributed by atoms with Crippen molar-refractivity contribution < 1.29 is 18.7 Å². The number of pyridine rings is 1. The van der Waals surface area contributed by atoms with Crippen LogP contribution in [-0.2, 0) is 22.6 Å². The lowest BCUT2D eigenvalue weighted by atomic mass is 10.2. The Morgan fingerprint density at radius 1 is 1.29 bits per heavy atom. The molecule has 2 aromatic rings. The number of hydrogen-bond acceptors (Lipinski definition) is 5. The molecular weight excluding hydrogens is 330 g/mol. The number of rotatable bonds is 8. The number of anilines is 1. The first-order valence-electron chi connectivity index (χ1n) is 7.03. The molecule has 0 amide bonds. The quantitative estimate of drug-likeness (QED) is 0.707. The van der Waals surface area contributed by atoms with E-state index in [1.165, 1.54) is 0 Å². The minimum Gasteiger partial charge on any atom is -0.755 e. The van der Waals surface area contributed by atoms with Gasteiger partial charge < -0.3 is 19.3 Å². The summed E-state index contributed by atoms with van der Waals surface area (Å²) >= 11 is -2.36. The third-order valence-electron chi connectivity index (χ3n) is 3.02. The molecule has 1 heterocycles. The van der Waals surface area contributed by atoms with Crippen LogP contribution in [0.4, 0.5) is 5.69 Å². The topological polar surface area (TPSA) is 106 Å². The Balaban J connectivity index is 2.06. The third kappa shape index (κ3) is 6.19. The summed E-state index contributed by atoms with van der Waals surface area (Å²) in [5.41, 5.74) is 2.03. The highest BCUT2D eigenvalue weighted by Gasteiger charge is 2.06. The van der Waals surface area contributed by atoms with Crippen LogP contribution in [-0.4, -0.2) is 36.3 Å². The molecule has 0 saturated carbocycles. The highest BCUT2D eigenvalue weighted by atomic mass is 32.2. The van der Waals surface area contributed by atoms with E-state index in [1.807, 2.05) is 12.1 Å². The predicted octanol–water partition coefficient (Wildman–Crippen LogP) is 1.85. The van der Waals surface area contributed by atoms with E-state index in [9.17, 15) is 13.6 Å². The second-order valence-corrected chi connectivity index (χ2v) is 5.57. The number of aromatic nitrogens is 1. The van der Waals surface area contributed by atoms with E-state index in [2.05, 4.69) is 9.71 Å². The molecule has 24 heavy (non-hydrogen) atoms. The summed E-state index contributed by atoms with van der Waals surface area (Å²) in [6, 6.07) is 12.2. The fraction of sp³-hybridized carbons (Fsp3) is 0.125. The van der Waals surface area contributed by atoms with Gasteiger partial charge in [0.15, 0.2) is 0 Å². The van der Waals surface area contributed by atoms with Crippen LogP contribution < -0.4 is 4.72 Å². The molecule has 0 aliphatic rings. The highest BCUT2D eigenvalue weighted by Crippen LogP contribution is 2.12. The van der Waals surface area contributed by atoms with Crippen molar-refractivity contribution in [2.45, 2.75) is 6.54 Å². The third-order valence-corrected chi connectivity index (χ3v) is 3.42. The van der Waals surface area contributed by atoms with Crippen LogP contribution in [0.15, 0.2) is 54.9 Å². The fourth-order valence-electron chi connectivity index (χ4n) is 1.98. The average molecular weight is 346 g/mol. The van der Waals surface area contributed by atoms with Gasteiger partial charge in [-0.15, -0.1) is 0 Å². The maximum Gasteiger partial charge on any atom is 0.323 e. The van der Waals surface area contributed by atoms with Crippen LogP contribution in [0.25, 0.3) is 6.08 Å². The van der Waals surface area contributed by atoms with E-state index in [4.69, 9.17) is 5.11 Å².